The van der Waals surface area contributed by atoms with Crippen molar-refractivity contribution in [3.8, 4) is 11.5 Å². The normalized spacial score (nSPS) is 15.7. The molecule has 1 amide bonds. The van der Waals surface area contributed by atoms with Crippen LogP contribution in [0.1, 0.15) is 11.7 Å². The van der Waals surface area contributed by atoms with Gasteiger partial charge in [0.1, 0.15) is 18.2 Å². The summed E-state index contributed by atoms with van der Waals surface area (Å²) < 4.78 is 11.7. The molecule has 1 aliphatic rings. The molecule has 2 N–H and O–H groups in total. The largest absolute Gasteiger partial charge is 0.492 e. The minimum absolute atomic E-state index is 0.212. The molecule has 4 rings (SSSR count). The van der Waals surface area contributed by atoms with Crippen LogP contribution in [0.25, 0.3) is 0 Å². The quantitative estimate of drug-likeness (QED) is 0.709. The second-order valence-corrected chi connectivity index (χ2v) is 6.70. The Labute approximate surface area is 167 Å². The number of nitrogen functional groups attached to an aromatic ring is 1. The van der Waals surface area contributed by atoms with Crippen molar-refractivity contribution in [3.05, 3.63) is 77.3 Å². The minimum Gasteiger partial charge on any atom is -0.492 e. The molecule has 2 heterocycles. The average molecular weight is 396 g/mol. The SMILES string of the molecule is Nc1ccc2c(n1)N(CCOc1ccc(Cl)cc1)C(=O)C(c1ccccc1)O2. The molecule has 1 aromatic heterocycles. The van der Waals surface area contributed by atoms with Gasteiger partial charge >= 0.3 is 0 Å². The number of benzene rings is 2. The second kappa shape index (κ2) is 7.78. The fourth-order valence-corrected chi connectivity index (χ4v) is 3.13. The molecule has 7 heteroatoms. The number of nitrogens with zero attached hydrogens (tertiary/aromatic N) is 2. The molecule has 3 aromatic rings. The van der Waals surface area contributed by atoms with E-state index in [1.807, 2.05) is 30.3 Å². The molecule has 1 aliphatic heterocycles. The molecule has 0 radical (unpaired) electrons. The molecule has 2 aromatic carbocycles. The third kappa shape index (κ3) is 3.73. The van der Waals surface area contributed by atoms with E-state index in [4.69, 9.17) is 26.8 Å². The first-order chi connectivity index (χ1) is 13.6. The smallest absolute Gasteiger partial charge is 0.274 e. The third-order valence-electron chi connectivity index (χ3n) is 4.35. The van der Waals surface area contributed by atoms with E-state index in [0.29, 0.717) is 34.7 Å². The Hall–Kier alpha value is -3.25. The number of hydrogen-bond donors (Lipinski definition) is 1. The van der Waals surface area contributed by atoms with Gasteiger partial charge in [0.05, 0.1) is 6.54 Å². The number of fused-ring (bicyclic) bond motifs is 1. The summed E-state index contributed by atoms with van der Waals surface area (Å²) in [5, 5.41) is 0.634. The summed E-state index contributed by atoms with van der Waals surface area (Å²) in [6.07, 6.45) is -0.741. The zero-order chi connectivity index (χ0) is 19.5. The molecule has 0 spiro atoms. The van der Waals surface area contributed by atoms with Crippen LogP contribution in [0.15, 0.2) is 66.7 Å². The van der Waals surface area contributed by atoms with Gasteiger partial charge in [-0.25, -0.2) is 4.98 Å². The topological polar surface area (TPSA) is 77.7 Å². The number of hydrogen-bond acceptors (Lipinski definition) is 5. The monoisotopic (exact) mass is 395 g/mol. The summed E-state index contributed by atoms with van der Waals surface area (Å²) in [6, 6.07) is 19.8. The van der Waals surface area contributed by atoms with Crippen molar-refractivity contribution >= 4 is 29.1 Å². The van der Waals surface area contributed by atoms with Crippen molar-refractivity contribution in [1.29, 1.82) is 0 Å². The zero-order valence-electron chi connectivity index (χ0n) is 14.9. The molecule has 0 fully saturated rings. The van der Waals surface area contributed by atoms with Crippen LogP contribution in [0.2, 0.25) is 5.02 Å². The fraction of sp³-hybridized carbons (Fsp3) is 0.143. The highest BCUT2D eigenvalue weighted by molar-refractivity contribution is 6.30. The van der Waals surface area contributed by atoms with E-state index in [1.165, 1.54) is 0 Å². The average Bonchev–Trinajstić information content (AvgIpc) is 2.71. The molecule has 1 unspecified atom stereocenters. The van der Waals surface area contributed by atoms with E-state index >= 15 is 0 Å². The van der Waals surface area contributed by atoms with E-state index in [2.05, 4.69) is 4.98 Å². The summed E-state index contributed by atoms with van der Waals surface area (Å²) in [6.45, 7) is 0.586. The van der Waals surface area contributed by atoms with Gasteiger partial charge in [0.25, 0.3) is 5.91 Å². The Kier molecular flexibility index (Phi) is 5.04. The lowest BCUT2D eigenvalue weighted by Gasteiger charge is -2.33. The number of rotatable bonds is 5. The third-order valence-corrected chi connectivity index (χ3v) is 4.60. The highest BCUT2D eigenvalue weighted by Crippen LogP contribution is 2.37. The van der Waals surface area contributed by atoms with Crippen LogP contribution in [0, 0.1) is 0 Å². The minimum atomic E-state index is -0.741. The summed E-state index contributed by atoms with van der Waals surface area (Å²) in [5.74, 6) is 1.69. The van der Waals surface area contributed by atoms with Crippen LogP contribution in [-0.2, 0) is 4.79 Å². The molecule has 0 bridgehead atoms. The number of ether oxygens (including phenoxy) is 2. The molecular formula is C21H18ClN3O3. The van der Waals surface area contributed by atoms with Crippen LogP contribution >= 0.6 is 11.6 Å². The number of nitrogens with two attached hydrogens (primary N) is 1. The maximum absolute atomic E-state index is 13.1. The first-order valence-electron chi connectivity index (χ1n) is 8.80. The van der Waals surface area contributed by atoms with Crippen LogP contribution in [0.4, 0.5) is 11.6 Å². The number of pyridine rings is 1. The predicted molar refractivity (Wildman–Crippen MR) is 108 cm³/mol. The molecule has 142 valence electrons. The van der Waals surface area contributed by atoms with E-state index in [1.54, 1.807) is 41.3 Å². The van der Waals surface area contributed by atoms with E-state index in [9.17, 15) is 4.79 Å². The zero-order valence-corrected chi connectivity index (χ0v) is 15.7. The van der Waals surface area contributed by atoms with E-state index in [0.717, 1.165) is 5.56 Å². The summed E-state index contributed by atoms with van der Waals surface area (Å²) in [7, 11) is 0. The lowest BCUT2D eigenvalue weighted by atomic mass is 10.1. The van der Waals surface area contributed by atoms with Crippen molar-refractivity contribution in [1.82, 2.24) is 4.98 Å². The van der Waals surface area contributed by atoms with Crippen molar-refractivity contribution in [3.63, 3.8) is 0 Å². The van der Waals surface area contributed by atoms with Gasteiger partial charge in [0, 0.05) is 10.6 Å². The summed E-state index contributed by atoms with van der Waals surface area (Å²) in [4.78, 5) is 19.0. The van der Waals surface area contributed by atoms with E-state index < -0.39 is 6.10 Å². The number of amides is 1. The first kappa shape index (κ1) is 18.1. The Morgan fingerprint density at radius 3 is 2.57 bits per heavy atom. The van der Waals surface area contributed by atoms with Crippen LogP contribution in [0.3, 0.4) is 0 Å². The number of aromatic nitrogens is 1. The first-order valence-corrected chi connectivity index (χ1v) is 9.17. The van der Waals surface area contributed by atoms with Gasteiger partial charge in [-0.3, -0.25) is 9.69 Å². The molecule has 0 saturated heterocycles. The second-order valence-electron chi connectivity index (χ2n) is 6.26. The van der Waals surface area contributed by atoms with Crippen LogP contribution in [0.5, 0.6) is 11.5 Å². The lowest BCUT2D eigenvalue weighted by Crippen LogP contribution is -2.43. The molecule has 0 aliphatic carbocycles. The van der Waals surface area contributed by atoms with E-state index in [-0.39, 0.29) is 12.5 Å². The summed E-state index contributed by atoms with van der Waals surface area (Å²) >= 11 is 5.89. The Balaban J connectivity index is 1.57. The highest BCUT2D eigenvalue weighted by Gasteiger charge is 2.36. The molecular weight excluding hydrogens is 378 g/mol. The lowest BCUT2D eigenvalue weighted by molar-refractivity contribution is -0.126. The van der Waals surface area contributed by atoms with Crippen LogP contribution in [-0.4, -0.2) is 24.0 Å². The highest BCUT2D eigenvalue weighted by atomic mass is 35.5. The maximum Gasteiger partial charge on any atom is 0.274 e. The molecule has 1 atom stereocenters. The number of halogens is 1. The molecule has 0 saturated carbocycles. The number of carbonyl (C=O) groups excluding carboxylic acids is 1. The fourth-order valence-electron chi connectivity index (χ4n) is 3.00. The molecule has 6 nitrogen and oxygen atoms in total. The van der Waals surface area contributed by atoms with Gasteiger partial charge < -0.3 is 15.2 Å². The maximum atomic E-state index is 13.1. The van der Waals surface area contributed by atoms with Crippen LogP contribution < -0.4 is 20.1 Å². The van der Waals surface area contributed by atoms with Crippen molar-refractivity contribution in [2.45, 2.75) is 6.10 Å². The predicted octanol–water partition coefficient (Wildman–Crippen LogP) is 3.86. The Morgan fingerprint density at radius 2 is 1.82 bits per heavy atom. The van der Waals surface area contributed by atoms with Gasteiger partial charge in [0.2, 0.25) is 6.10 Å². The number of anilines is 2. The number of carbonyl (C=O) groups is 1. The van der Waals surface area contributed by atoms with Gasteiger partial charge in [-0.2, -0.15) is 0 Å². The van der Waals surface area contributed by atoms with Crippen molar-refractivity contribution in [2.24, 2.45) is 0 Å². The van der Waals surface area contributed by atoms with Crippen molar-refractivity contribution in [2.75, 3.05) is 23.8 Å². The van der Waals surface area contributed by atoms with Gasteiger partial charge in [0.15, 0.2) is 11.6 Å². The van der Waals surface area contributed by atoms with Gasteiger partial charge in [-0.15, -0.1) is 0 Å². The van der Waals surface area contributed by atoms with Crippen molar-refractivity contribution < 1.29 is 14.3 Å². The summed E-state index contributed by atoms with van der Waals surface area (Å²) in [5.41, 5.74) is 6.60. The standard InChI is InChI=1S/C21H18ClN3O3/c22-15-6-8-16(9-7-15)27-13-12-25-20-17(10-11-18(23)24-20)28-19(21(25)26)14-4-2-1-3-5-14/h1-11,19H,12-13H2,(H2,23,24). The van der Waals surface area contributed by atoms with Gasteiger partial charge in [-0.1, -0.05) is 41.9 Å². The molecule has 28 heavy (non-hydrogen) atoms. The Bertz CT molecular complexity index is 980. The Morgan fingerprint density at radius 1 is 1.07 bits per heavy atom. The van der Waals surface area contributed by atoms with Gasteiger partial charge in [-0.05, 0) is 36.4 Å².